The molecule has 0 fully saturated rings. The van der Waals surface area contributed by atoms with Crippen molar-refractivity contribution < 1.29 is 4.92 Å². The molecule has 2 N–H and O–H groups in total. The van der Waals surface area contributed by atoms with Crippen LogP contribution in [0.5, 0.6) is 0 Å². The van der Waals surface area contributed by atoms with Gasteiger partial charge in [0.05, 0.1) is 4.92 Å². The van der Waals surface area contributed by atoms with Crippen LogP contribution in [-0.2, 0) is 6.42 Å². The summed E-state index contributed by atoms with van der Waals surface area (Å²) >= 11 is 3.32. The van der Waals surface area contributed by atoms with Crippen LogP contribution in [0.1, 0.15) is 26.3 Å². The largest absolute Gasteiger partial charge is 0.327 e. The summed E-state index contributed by atoms with van der Waals surface area (Å²) in [5.41, 5.74) is 6.80. The molecule has 0 aromatic heterocycles. The Bertz CT molecular complexity index is 427. The quantitative estimate of drug-likeness (QED) is 0.688. The van der Waals surface area contributed by atoms with Gasteiger partial charge in [0.1, 0.15) is 0 Å². The highest BCUT2D eigenvalue weighted by Gasteiger charge is 2.24. The van der Waals surface area contributed by atoms with Crippen molar-refractivity contribution in [3.63, 3.8) is 0 Å². The Morgan fingerprint density at radius 3 is 2.53 bits per heavy atom. The Morgan fingerprint density at radius 1 is 1.47 bits per heavy atom. The maximum atomic E-state index is 10.9. The predicted octanol–water partition coefficient (Wildman–Crippen LogP) is 3.27. The van der Waals surface area contributed by atoms with Crippen LogP contribution in [0, 0.1) is 15.5 Å². The molecule has 0 aliphatic rings. The number of nitrogens with two attached hydrogens (primary N) is 1. The van der Waals surface area contributed by atoms with Gasteiger partial charge < -0.3 is 5.73 Å². The molecule has 0 aliphatic carbocycles. The summed E-state index contributed by atoms with van der Waals surface area (Å²) in [5, 5.41) is 10.9. The van der Waals surface area contributed by atoms with E-state index in [-0.39, 0.29) is 22.1 Å². The summed E-state index contributed by atoms with van der Waals surface area (Å²) in [7, 11) is 0. The van der Waals surface area contributed by atoms with Crippen molar-refractivity contribution in [2.45, 2.75) is 33.2 Å². The van der Waals surface area contributed by atoms with Crippen LogP contribution in [0.2, 0.25) is 0 Å². The Labute approximate surface area is 109 Å². The van der Waals surface area contributed by atoms with Gasteiger partial charge in [-0.05, 0) is 24.0 Å². The third-order valence-corrected chi connectivity index (χ3v) is 3.28. The number of hydrogen-bond donors (Lipinski definition) is 1. The number of rotatable bonds is 3. The third kappa shape index (κ3) is 3.78. The maximum absolute atomic E-state index is 10.9. The van der Waals surface area contributed by atoms with Crippen LogP contribution in [0.15, 0.2) is 22.7 Å². The molecule has 17 heavy (non-hydrogen) atoms. The summed E-state index contributed by atoms with van der Waals surface area (Å²) < 4.78 is 0.833. The van der Waals surface area contributed by atoms with Gasteiger partial charge in [-0.1, -0.05) is 36.7 Å². The van der Waals surface area contributed by atoms with E-state index in [4.69, 9.17) is 5.73 Å². The lowest BCUT2D eigenvalue weighted by atomic mass is 9.83. The molecular weight excluding hydrogens is 284 g/mol. The Hall–Kier alpha value is -0.940. The monoisotopic (exact) mass is 300 g/mol. The lowest BCUT2D eigenvalue weighted by Gasteiger charge is -2.27. The molecule has 0 radical (unpaired) electrons. The van der Waals surface area contributed by atoms with Crippen LogP contribution in [0.3, 0.4) is 0 Å². The number of hydrogen-bond acceptors (Lipinski definition) is 3. The maximum Gasteiger partial charge on any atom is 0.272 e. The zero-order valence-corrected chi connectivity index (χ0v) is 11.8. The zero-order chi connectivity index (χ0) is 13.2. The standard InChI is InChI=1S/C12H17BrN2O2/c1-12(2,3)11(14)7-8-6-9(13)4-5-10(8)15(16)17/h4-6,11H,7,14H2,1-3H3. The van der Waals surface area contributed by atoms with Crippen molar-refractivity contribution in [2.75, 3.05) is 0 Å². The highest BCUT2D eigenvalue weighted by Crippen LogP contribution is 2.27. The van der Waals surface area contributed by atoms with Crippen LogP contribution < -0.4 is 5.73 Å². The number of benzene rings is 1. The fourth-order valence-electron chi connectivity index (χ4n) is 1.44. The van der Waals surface area contributed by atoms with E-state index >= 15 is 0 Å². The predicted molar refractivity (Wildman–Crippen MR) is 71.9 cm³/mol. The van der Waals surface area contributed by atoms with E-state index < -0.39 is 0 Å². The highest BCUT2D eigenvalue weighted by atomic mass is 79.9. The van der Waals surface area contributed by atoms with Gasteiger partial charge in [0.25, 0.3) is 5.69 Å². The van der Waals surface area contributed by atoms with Crippen molar-refractivity contribution in [2.24, 2.45) is 11.1 Å². The van der Waals surface area contributed by atoms with Gasteiger partial charge in [0, 0.05) is 22.1 Å². The first-order valence-corrected chi connectivity index (χ1v) is 6.19. The van der Waals surface area contributed by atoms with Crippen LogP contribution >= 0.6 is 15.9 Å². The average Bonchev–Trinajstić information content (AvgIpc) is 2.15. The van der Waals surface area contributed by atoms with Crippen molar-refractivity contribution in [3.05, 3.63) is 38.3 Å². The minimum atomic E-state index is -0.364. The zero-order valence-electron chi connectivity index (χ0n) is 10.2. The minimum absolute atomic E-state index is 0.0732. The minimum Gasteiger partial charge on any atom is -0.327 e. The molecule has 1 unspecified atom stereocenters. The second kappa shape index (κ2) is 5.14. The number of halogens is 1. The van der Waals surface area contributed by atoms with E-state index in [2.05, 4.69) is 15.9 Å². The first-order chi connectivity index (χ1) is 7.71. The molecule has 0 aliphatic heterocycles. The molecule has 94 valence electrons. The van der Waals surface area contributed by atoms with Gasteiger partial charge in [-0.15, -0.1) is 0 Å². The lowest BCUT2D eigenvalue weighted by molar-refractivity contribution is -0.385. The highest BCUT2D eigenvalue weighted by molar-refractivity contribution is 9.10. The number of nitrogens with zero attached hydrogens (tertiary/aromatic N) is 1. The van der Waals surface area contributed by atoms with Crippen LogP contribution in [-0.4, -0.2) is 11.0 Å². The van der Waals surface area contributed by atoms with Crippen LogP contribution in [0.4, 0.5) is 5.69 Å². The topological polar surface area (TPSA) is 69.2 Å². The lowest BCUT2D eigenvalue weighted by Crippen LogP contribution is -2.37. The normalized spacial score (nSPS) is 13.5. The summed E-state index contributed by atoms with van der Waals surface area (Å²) in [5.74, 6) is 0. The van der Waals surface area contributed by atoms with E-state index in [9.17, 15) is 10.1 Å². The third-order valence-electron chi connectivity index (χ3n) is 2.79. The number of nitro groups is 1. The molecule has 0 spiro atoms. The fourth-order valence-corrected chi connectivity index (χ4v) is 1.85. The first-order valence-electron chi connectivity index (χ1n) is 5.40. The van der Waals surface area contributed by atoms with Gasteiger partial charge in [-0.3, -0.25) is 10.1 Å². The molecule has 1 aromatic carbocycles. The molecule has 1 aromatic rings. The summed E-state index contributed by atoms with van der Waals surface area (Å²) in [6, 6.07) is 4.83. The molecule has 4 nitrogen and oxygen atoms in total. The summed E-state index contributed by atoms with van der Waals surface area (Å²) in [4.78, 5) is 10.5. The van der Waals surface area contributed by atoms with Gasteiger partial charge in [0.15, 0.2) is 0 Å². The smallest absolute Gasteiger partial charge is 0.272 e. The molecule has 5 heteroatoms. The van der Waals surface area contributed by atoms with Crippen molar-refractivity contribution in [3.8, 4) is 0 Å². The molecule has 0 amide bonds. The van der Waals surface area contributed by atoms with Crippen molar-refractivity contribution in [1.29, 1.82) is 0 Å². The number of nitro benzene ring substituents is 1. The van der Waals surface area contributed by atoms with Gasteiger partial charge >= 0.3 is 0 Å². The molecule has 0 saturated carbocycles. The molecule has 0 bridgehead atoms. The van der Waals surface area contributed by atoms with E-state index in [1.165, 1.54) is 6.07 Å². The summed E-state index contributed by atoms with van der Waals surface area (Å²) in [6.07, 6.45) is 0.499. The van der Waals surface area contributed by atoms with E-state index in [1.54, 1.807) is 12.1 Å². The molecule has 1 rings (SSSR count). The van der Waals surface area contributed by atoms with E-state index in [0.717, 1.165) is 4.47 Å². The molecule has 0 saturated heterocycles. The van der Waals surface area contributed by atoms with E-state index in [1.807, 2.05) is 20.8 Å². The van der Waals surface area contributed by atoms with Crippen LogP contribution in [0.25, 0.3) is 0 Å². The van der Waals surface area contributed by atoms with E-state index in [0.29, 0.717) is 12.0 Å². The first kappa shape index (κ1) is 14.1. The molecule has 1 atom stereocenters. The summed E-state index contributed by atoms with van der Waals surface area (Å²) in [6.45, 7) is 6.09. The Morgan fingerprint density at radius 2 is 2.06 bits per heavy atom. The van der Waals surface area contributed by atoms with Crippen molar-refractivity contribution >= 4 is 21.6 Å². The average molecular weight is 301 g/mol. The molecule has 0 heterocycles. The second-order valence-electron chi connectivity index (χ2n) is 5.21. The van der Waals surface area contributed by atoms with Gasteiger partial charge in [-0.25, -0.2) is 0 Å². The second-order valence-corrected chi connectivity index (χ2v) is 6.12. The molecular formula is C12H17BrN2O2. The van der Waals surface area contributed by atoms with Gasteiger partial charge in [0.2, 0.25) is 0 Å². The van der Waals surface area contributed by atoms with Gasteiger partial charge in [-0.2, -0.15) is 0 Å². The van der Waals surface area contributed by atoms with Crippen molar-refractivity contribution in [1.82, 2.24) is 0 Å². The fraction of sp³-hybridized carbons (Fsp3) is 0.500. The SMILES string of the molecule is CC(C)(C)C(N)Cc1cc(Br)ccc1[N+](=O)[O-]. The Kier molecular flexibility index (Phi) is 4.27. The Balaban J connectivity index is 3.04.